The molecule has 3 aromatic carbocycles. The lowest BCUT2D eigenvalue weighted by atomic mass is 9.94. The standard InChI is InChI=1S/C27H21Cl2NO7/c1-14(31)37-19-9-4-6-15(10-19)23-22(24(32)20-11-16(28)12-21(29)26(20)36-3)25(33)27(34)30(23)17-7-5-8-18(13-17)35-2/h4-13,23,32H,1-3H3/b24-22+. The maximum absolute atomic E-state index is 13.4. The second-order valence-electron chi connectivity index (χ2n) is 8.01. The highest BCUT2D eigenvalue weighted by Crippen LogP contribution is 2.45. The summed E-state index contributed by atoms with van der Waals surface area (Å²) < 4.78 is 15.9. The number of nitrogens with zero attached hydrogens (tertiary/aromatic N) is 1. The maximum Gasteiger partial charge on any atom is 0.308 e. The minimum absolute atomic E-state index is 0.0322. The van der Waals surface area contributed by atoms with E-state index in [0.717, 1.165) is 0 Å². The van der Waals surface area contributed by atoms with Gasteiger partial charge in [0.25, 0.3) is 11.7 Å². The summed E-state index contributed by atoms with van der Waals surface area (Å²) in [5.74, 6) is -2.18. The predicted octanol–water partition coefficient (Wildman–Crippen LogP) is 5.56. The van der Waals surface area contributed by atoms with Crippen molar-refractivity contribution in [1.29, 1.82) is 0 Å². The molecule has 0 radical (unpaired) electrons. The minimum atomic E-state index is -1.11. The van der Waals surface area contributed by atoms with Gasteiger partial charge < -0.3 is 19.3 Å². The van der Waals surface area contributed by atoms with Crippen LogP contribution in [0, 0.1) is 0 Å². The largest absolute Gasteiger partial charge is 0.507 e. The summed E-state index contributed by atoms with van der Waals surface area (Å²) in [5.41, 5.74) is 0.545. The lowest BCUT2D eigenvalue weighted by Gasteiger charge is -2.26. The van der Waals surface area contributed by atoms with Crippen LogP contribution in [-0.2, 0) is 14.4 Å². The van der Waals surface area contributed by atoms with Crippen molar-refractivity contribution in [3.05, 3.63) is 87.4 Å². The van der Waals surface area contributed by atoms with Crippen LogP contribution in [0.3, 0.4) is 0 Å². The fourth-order valence-corrected chi connectivity index (χ4v) is 4.75. The molecule has 0 aromatic heterocycles. The van der Waals surface area contributed by atoms with Crippen LogP contribution in [0.4, 0.5) is 5.69 Å². The third kappa shape index (κ3) is 4.98. The SMILES string of the molecule is COc1cccc(N2C(=O)C(=O)/C(=C(/O)c3cc(Cl)cc(Cl)c3OC)C2c2cccc(OC(C)=O)c2)c1. The number of rotatable bonds is 6. The molecule has 0 bridgehead atoms. The van der Waals surface area contributed by atoms with E-state index in [-0.39, 0.29) is 32.7 Å². The normalized spacial score (nSPS) is 16.6. The highest BCUT2D eigenvalue weighted by Gasteiger charge is 2.47. The van der Waals surface area contributed by atoms with Crippen LogP contribution in [0.25, 0.3) is 5.76 Å². The number of amides is 1. The van der Waals surface area contributed by atoms with Crippen LogP contribution in [-0.4, -0.2) is 37.0 Å². The molecule has 10 heteroatoms. The van der Waals surface area contributed by atoms with Gasteiger partial charge >= 0.3 is 5.97 Å². The van der Waals surface area contributed by atoms with E-state index in [0.29, 0.717) is 17.0 Å². The van der Waals surface area contributed by atoms with E-state index in [9.17, 15) is 19.5 Å². The Hall–Kier alpha value is -4.01. The zero-order valence-electron chi connectivity index (χ0n) is 20.0. The van der Waals surface area contributed by atoms with E-state index in [1.54, 1.807) is 42.5 Å². The van der Waals surface area contributed by atoms with Crippen molar-refractivity contribution >= 4 is 52.3 Å². The van der Waals surface area contributed by atoms with Crippen LogP contribution in [0.2, 0.25) is 10.0 Å². The number of anilines is 1. The molecule has 190 valence electrons. The summed E-state index contributed by atoms with van der Waals surface area (Å²) in [6, 6.07) is 14.6. The second kappa shape index (κ2) is 10.5. The molecule has 4 rings (SSSR count). The summed E-state index contributed by atoms with van der Waals surface area (Å²) in [5, 5.41) is 11.7. The lowest BCUT2D eigenvalue weighted by molar-refractivity contribution is -0.132. The molecular weight excluding hydrogens is 521 g/mol. The number of methoxy groups -OCH3 is 2. The van der Waals surface area contributed by atoms with Crippen molar-refractivity contribution < 1.29 is 33.7 Å². The molecular formula is C27H21Cl2NO7. The van der Waals surface area contributed by atoms with Gasteiger partial charge in [0, 0.05) is 23.7 Å². The number of benzene rings is 3. The molecule has 0 spiro atoms. The number of ketones is 1. The van der Waals surface area contributed by atoms with Crippen molar-refractivity contribution in [2.24, 2.45) is 0 Å². The molecule has 1 aliphatic rings. The number of halogens is 2. The number of aliphatic hydroxyl groups is 1. The molecule has 1 heterocycles. The summed E-state index contributed by atoms with van der Waals surface area (Å²) >= 11 is 12.4. The summed E-state index contributed by atoms with van der Waals surface area (Å²) in [6.45, 7) is 1.25. The zero-order chi connectivity index (χ0) is 26.9. The van der Waals surface area contributed by atoms with Gasteiger partial charge in [0.1, 0.15) is 23.0 Å². The quantitative estimate of drug-likeness (QED) is 0.143. The van der Waals surface area contributed by atoms with E-state index in [1.165, 1.54) is 44.2 Å². The van der Waals surface area contributed by atoms with Gasteiger partial charge in [0.2, 0.25) is 0 Å². The highest BCUT2D eigenvalue weighted by atomic mass is 35.5. The third-order valence-corrected chi connectivity index (χ3v) is 6.18. The van der Waals surface area contributed by atoms with Gasteiger partial charge in [-0.15, -0.1) is 0 Å². The zero-order valence-corrected chi connectivity index (χ0v) is 21.5. The first-order chi connectivity index (χ1) is 17.7. The van der Waals surface area contributed by atoms with E-state index >= 15 is 0 Å². The van der Waals surface area contributed by atoms with E-state index in [4.69, 9.17) is 37.4 Å². The van der Waals surface area contributed by atoms with Gasteiger partial charge in [-0.3, -0.25) is 19.3 Å². The molecule has 3 aromatic rings. The summed E-state index contributed by atoms with van der Waals surface area (Å²) in [6.07, 6.45) is 0. The van der Waals surface area contributed by atoms with E-state index in [1.807, 2.05) is 0 Å². The number of esters is 1. The minimum Gasteiger partial charge on any atom is -0.507 e. The molecule has 1 amide bonds. The Kier molecular flexibility index (Phi) is 7.42. The number of Topliss-reactive ketones (excluding diaryl/α,β-unsaturated/α-hetero) is 1. The first-order valence-electron chi connectivity index (χ1n) is 10.9. The molecule has 37 heavy (non-hydrogen) atoms. The smallest absolute Gasteiger partial charge is 0.308 e. The maximum atomic E-state index is 13.4. The number of hydrogen-bond donors (Lipinski definition) is 1. The lowest BCUT2D eigenvalue weighted by Crippen LogP contribution is -2.29. The Labute approximate surface area is 222 Å². The van der Waals surface area contributed by atoms with Crippen molar-refractivity contribution in [3.63, 3.8) is 0 Å². The second-order valence-corrected chi connectivity index (χ2v) is 8.85. The van der Waals surface area contributed by atoms with Crippen LogP contribution in [0.15, 0.2) is 66.2 Å². The highest BCUT2D eigenvalue weighted by molar-refractivity contribution is 6.52. The van der Waals surface area contributed by atoms with Crippen molar-refractivity contribution in [1.82, 2.24) is 0 Å². The molecule has 1 aliphatic heterocycles. The van der Waals surface area contributed by atoms with Gasteiger partial charge in [-0.2, -0.15) is 0 Å². The number of carbonyl (C=O) groups excluding carboxylic acids is 3. The molecule has 1 fully saturated rings. The number of ether oxygens (including phenoxy) is 3. The molecule has 1 unspecified atom stereocenters. The summed E-state index contributed by atoms with van der Waals surface area (Å²) in [4.78, 5) is 39.6. The van der Waals surface area contributed by atoms with Crippen molar-refractivity contribution in [3.8, 4) is 17.2 Å². The van der Waals surface area contributed by atoms with Crippen molar-refractivity contribution in [2.75, 3.05) is 19.1 Å². The predicted molar refractivity (Wildman–Crippen MR) is 139 cm³/mol. The van der Waals surface area contributed by atoms with Crippen LogP contribution < -0.4 is 19.1 Å². The van der Waals surface area contributed by atoms with Gasteiger partial charge in [-0.1, -0.05) is 41.4 Å². The number of aliphatic hydroxyl groups excluding tert-OH is 1. The fourth-order valence-electron chi connectivity index (χ4n) is 4.18. The summed E-state index contributed by atoms with van der Waals surface area (Å²) in [7, 11) is 2.82. The molecule has 1 atom stereocenters. The Balaban J connectivity index is 2.01. The molecule has 0 aliphatic carbocycles. The average molecular weight is 542 g/mol. The van der Waals surface area contributed by atoms with Gasteiger partial charge in [-0.05, 0) is 42.0 Å². The van der Waals surface area contributed by atoms with Gasteiger partial charge in [0.05, 0.1) is 36.4 Å². The van der Waals surface area contributed by atoms with Crippen LogP contribution >= 0.6 is 23.2 Å². The molecule has 8 nitrogen and oxygen atoms in total. The fraction of sp³-hybridized carbons (Fsp3) is 0.148. The molecule has 1 saturated heterocycles. The average Bonchev–Trinajstić information content (AvgIpc) is 3.13. The monoisotopic (exact) mass is 541 g/mol. The molecule has 0 saturated carbocycles. The van der Waals surface area contributed by atoms with Crippen LogP contribution in [0.5, 0.6) is 17.2 Å². The van der Waals surface area contributed by atoms with Crippen molar-refractivity contribution in [2.45, 2.75) is 13.0 Å². The van der Waals surface area contributed by atoms with Gasteiger partial charge in [0.15, 0.2) is 0 Å². The number of hydrogen-bond acceptors (Lipinski definition) is 7. The Morgan fingerprint density at radius 2 is 1.65 bits per heavy atom. The Bertz CT molecular complexity index is 1450. The third-order valence-electron chi connectivity index (χ3n) is 5.68. The number of carbonyl (C=O) groups is 3. The van der Waals surface area contributed by atoms with E-state index < -0.39 is 29.5 Å². The first kappa shape index (κ1) is 26.1. The van der Waals surface area contributed by atoms with Crippen LogP contribution in [0.1, 0.15) is 24.1 Å². The molecule has 1 N–H and O–H groups in total. The van der Waals surface area contributed by atoms with E-state index in [2.05, 4.69) is 0 Å². The first-order valence-corrected chi connectivity index (χ1v) is 11.7. The Morgan fingerprint density at radius 1 is 0.946 bits per heavy atom. The Morgan fingerprint density at radius 3 is 2.32 bits per heavy atom. The van der Waals surface area contributed by atoms with Gasteiger partial charge in [-0.25, -0.2) is 0 Å². The topological polar surface area (TPSA) is 102 Å².